The lowest BCUT2D eigenvalue weighted by Gasteiger charge is -1.99. The number of nitrogens with two attached hydrogens (primary N) is 1. The van der Waals surface area contributed by atoms with Gasteiger partial charge in [0.2, 0.25) is 5.95 Å². The molecule has 1 aliphatic rings. The molecule has 0 aliphatic heterocycles. The van der Waals surface area contributed by atoms with Crippen LogP contribution in [0.2, 0.25) is 0 Å². The maximum atomic E-state index is 5.50. The first-order valence-corrected chi connectivity index (χ1v) is 4.38. The van der Waals surface area contributed by atoms with Crippen molar-refractivity contribution in [3.05, 3.63) is 0 Å². The lowest BCUT2D eigenvalue weighted by molar-refractivity contribution is 0.528. The average molecular weight is 167 g/mol. The van der Waals surface area contributed by atoms with E-state index in [0.717, 1.165) is 18.9 Å². The molecule has 0 bridgehead atoms. The van der Waals surface area contributed by atoms with Crippen molar-refractivity contribution in [1.29, 1.82) is 0 Å². The molecule has 5 nitrogen and oxygen atoms in total. The number of hydrogen-bond donors (Lipinski definition) is 1. The van der Waals surface area contributed by atoms with Crippen LogP contribution in [-0.4, -0.2) is 20.2 Å². The predicted octanol–water partition coefficient (Wildman–Crippen LogP) is 0.445. The molecule has 1 aliphatic carbocycles. The minimum Gasteiger partial charge on any atom is -0.367 e. The molecule has 2 N–H and O–H groups in total. The Labute approximate surface area is 70.9 Å². The van der Waals surface area contributed by atoms with Crippen LogP contribution in [0.3, 0.4) is 0 Å². The normalized spacial score (nSPS) is 16.7. The van der Waals surface area contributed by atoms with Crippen LogP contribution in [0.4, 0.5) is 5.95 Å². The Morgan fingerprint density at radius 1 is 1.50 bits per heavy atom. The summed E-state index contributed by atoms with van der Waals surface area (Å²) in [5.41, 5.74) is 5.50. The van der Waals surface area contributed by atoms with E-state index < -0.39 is 0 Å². The smallest absolute Gasteiger partial charge is 0.240 e. The standard InChI is InChI=1S/C7H13N5/c8-7-9-10-11-12(7)5-1-2-6-3-4-6/h6H,1-5H2,(H2,8,9,11). The van der Waals surface area contributed by atoms with Crippen molar-refractivity contribution in [2.24, 2.45) is 5.92 Å². The van der Waals surface area contributed by atoms with Crippen LogP contribution in [-0.2, 0) is 6.54 Å². The summed E-state index contributed by atoms with van der Waals surface area (Å²) in [5, 5.41) is 10.8. The number of aryl methyl sites for hydroxylation is 1. The van der Waals surface area contributed by atoms with Gasteiger partial charge in [0.15, 0.2) is 0 Å². The lowest BCUT2D eigenvalue weighted by Crippen LogP contribution is -2.05. The molecule has 1 aromatic heterocycles. The zero-order chi connectivity index (χ0) is 8.39. The molecule has 1 saturated carbocycles. The first-order chi connectivity index (χ1) is 5.86. The highest BCUT2D eigenvalue weighted by Gasteiger charge is 2.20. The first kappa shape index (κ1) is 7.52. The number of nitrogens with zero attached hydrogens (tertiary/aromatic N) is 4. The van der Waals surface area contributed by atoms with Gasteiger partial charge in [-0.3, -0.25) is 0 Å². The van der Waals surface area contributed by atoms with E-state index in [1.165, 1.54) is 19.3 Å². The maximum Gasteiger partial charge on any atom is 0.240 e. The predicted molar refractivity (Wildman–Crippen MR) is 44.2 cm³/mol. The number of aromatic nitrogens is 4. The minimum atomic E-state index is 0.422. The molecule has 1 fully saturated rings. The molecular formula is C7H13N5. The van der Waals surface area contributed by atoms with Gasteiger partial charge in [-0.2, -0.15) is 0 Å². The monoisotopic (exact) mass is 167 g/mol. The molecule has 1 heterocycles. The van der Waals surface area contributed by atoms with Crippen molar-refractivity contribution in [2.75, 3.05) is 5.73 Å². The summed E-state index contributed by atoms with van der Waals surface area (Å²) >= 11 is 0. The van der Waals surface area contributed by atoms with E-state index >= 15 is 0 Å². The maximum absolute atomic E-state index is 5.50. The van der Waals surface area contributed by atoms with E-state index in [9.17, 15) is 0 Å². The molecule has 1 aromatic rings. The van der Waals surface area contributed by atoms with Crippen molar-refractivity contribution in [3.63, 3.8) is 0 Å². The third-order valence-electron chi connectivity index (χ3n) is 2.24. The Balaban J connectivity index is 1.75. The van der Waals surface area contributed by atoms with Gasteiger partial charge in [-0.05, 0) is 29.2 Å². The zero-order valence-electron chi connectivity index (χ0n) is 6.98. The van der Waals surface area contributed by atoms with E-state index in [1.54, 1.807) is 4.68 Å². The fourth-order valence-corrected chi connectivity index (χ4v) is 1.31. The Morgan fingerprint density at radius 3 is 2.92 bits per heavy atom. The number of rotatable bonds is 4. The summed E-state index contributed by atoms with van der Waals surface area (Å²) in [6.45, 7) is 0.856. The molecule has 12 heavy (non-hydrogen) atoms. The zero-order valence-corrected chi connectivity index (χ0v) is 6.98. The van der Waals surface area contributed by atoms with Gasteiger partial charge in [0, 0.05) is 6.54 Å². The van der Waals surface area contributed by atoms with Crippen LogP contribution in [0.15, 0.2) is 0 Å². The molecule has 66 valence electrons. The van der Waals surface area contributed by atoms with E-state index in [2.05, 4.69) is 15.5 Å². The molecular weight excluding hydrogens is 154 g/mol. The molecule has 0 spiro atoms. The van der Waals surface area contributed by atoms with E-state index in [4.69, 9.17) is 5.73 Å². The Kier molecular flexibility index (Phi) is 1.93. The van der Waals surface area contributed by atoms with Gasteiger partial charge >= 0.3 is 0 Å². The molecule has 0 saturated heterocycles. The molecule has 0 atom stereocenters. The Morgan fingerprint density at radius 2 is 2.33 bits per heavy atom. The highest BCUT2D eigenvalue weighted by atomic mass is 15.6. The van der Waals surface area contributed by atoms with Gasteiger partial charge < -0.3 is 5.73 Å². The van der Waals surface area contributed by atoms with Gasteiger partial charge in [-0.1, -0.05) is 17.9 Å². The summed E-state index contributed by atoms with van der Waals surface area (Å²) < 4.78 is 1.66. The summed E-state index contributed by atoms with van der Waals surface area (Å²) in [4.78, 5) is 0. The van der Waals surface area contributed by atoms with Crippen molar-refractivity contribution in [2.45, 2.75) is 32.2 Å². The van der Waals surface area contributed by atoms with Crippen LogP contribution in [0.1, 0.15) is 25.7 Å². The number of anilines is 1. The summed E-state index contributed by atoms with van der Waals surface area (Å²) in [6.07, 6.45) is 5.25. The third kappa shape index (κ3) is 1.72. The third-order valence-corrected chi connectivity index (χ3v) is 2.24. The summed E-state index contributed by atoms with van der Waals surface area (Å²) in [6, 6.07) is 0. The molecule has 0 amide bonds. The van der Waals surface area contributed by atoms with Gasteiger partial charge in [0.1, 0.15) is 0 Å². The lowest BCUT2D eigenvalue weighted by atomic mass is 10.2. The number of tetrazole rings is 1. The molecule has 0 unspecified atom stereocenters. The van der Waals surface area contributed by atoms with Crippen LogP contribution in [0.5, 0.6) is 0 Å². The van der Waals surface area contributed by atoms with Crippen molar-refractivity contribution in [3.8, 4) is 0 Å². The van der Waals surface area contributed by atoms with E-state index in [1.807, 2.05) is 0 Å². The SMILES string of the molecule is Nc1nnnn1CCCC1CC1. The average Bonchev–Trinajstić information content (AvgIpc) is 2.78. The van der Waals surface area contributed by atoms with E-state index in [-0.39, 0.29) is 0 Å². The van der Waals surface area contributed by atoms with Gasteiger partial charge in [-0.15, -0.1) is 0 Å². The largest absolute Gasteiger partial charge is 0.367 e. The number of hydrogen-bond acceptors (Lipinski definition) is 4. The minimum absolute atomic E-state index is 0.422. The van der Waals surface area contributed by atoms with Crippen LogP contribution >= 0.6 is 0 Å². The number of nitrogen functional groups attached to an aromatic ring is 1. The van der Waals surface area contributed by atoms with Crippen LogP contribution < -0.4 is 5.73 Å². The van der Waals surface area contributed by atoms with Crippen molar-refractivity contribution in [1.82, 2.24) is 20.2 Å². The van der Waals surface area contributed by atoms with Crippen LogP contribution in [0.25, 0.3) is 0 Å². The summed E-state index contributed by atoms with van der Waals surface area (Å²) in [7, 11) is 0. The van der Waals surface area contributed by atoms with Gasteiger partial charge in [-0.25, -0.2) is 4.68 Å². The summed E-state index contributed by atoms with van der Waals surface area (Å²) in [5.74, 6) is 1.40. The van der Waals surface area contributed by atoms with Crippen molar-refractivity contribution >= 4 is 5.95 Å². The fourth-order valence-electron chi connectivity index (χ4n) is 1.31. The highest BCUT2D eigenvalue weighted by Crippen LogP contribution is 2.33. The quantitative estimate of drug-likeness (QED) is 0.706. The van der Waals surface area contributed by atoms with Crippen LogP contribution in [0, 0.1) is 5.92 Å². The molecule has 0 aromatic carbocycles. The first-order valence-electron chi connectivity index (χ1n) is 4.38. The molecule has 0 radical (unpaired) electrons. The second-order valence-electron chi connectivity index (χ2n) is 3.35. The molecule has 5 heteroatoms. The molecule has 2 rings (SSSR count). The second-order valence-corrected chi connectivity index (χ2v) is 3.35. The van der Waals surface area contributed by atoms with Gasteiger partial charge in [0.05, 0.1) is 0 Å². The Bertz CT molecular complexity index is 252. The highest BCUT2D eigenvalue weighted by molar-refractivity contribution is 5.09. The topological polar surface area (TPSA) is 69.6 Å². The van der Waals surface area contributed by atoms with Gasteiger partial charge in [0.25, 0.3) is 0 Å². The second kappa shape index (κ2) is 3.08. The Hall–Kier alpha value is -1.13. The fraction of sp³-hybridized carbons (Fsp3) is 0.857. The van der Waals surface area contributed by atoms with Crippen molar-refractivity contribution < 1.29 is 0 Å². The van der Waals surface area contributed by atoms with E-state index in [0.29, 0.717) is 5.95 Å².